The lowest BCUT2D eigenvalue weighted by Gasteiger charge is -2.24. The summed E-state index contributed by atoms with van der Waals surface area (Å²) in [5.74, 6) is 0.391. The minimum atomic E-state index is -3.80. The van der Waals surface area contributed by atoms with E-state index in [1.807, 2.05) is 6.07 Å². The van der Waals surface area contributed by atoms with Crippen LogP contribution in [0.2, 0.25) is 5.02 Å². The van der Waals surface area contributed by atoms with Crippen molar-refractivity contribution in [1.29, 1.82) is 0 Å². The van der Waals surface area contributed by atoms with E-state index in [2.05, 4.69) is 4.72 Å². The summed E-state index contributed by atoms with van der Waals surface area (Å²) in [5.41, 5.74) is -0.708. The predicted molar refractivity (Wildman–Crippen MR) is 89.2 cm³/mol. The first-order valence-electron chi connectivity index (χ1n) is 6.87. The average Bonchev–Trinajstić information content (AvgIpc) is 2.54. The monoisotopic (exact) mass is 355 g/mol. The quantitative estimate of drug-likeness (QED) is 0.835. The fourth-order valence-corrected chi connectivity index (χ4v) is 3.51. The van der Waals surface area contributed by atoms with E-state index in [-0.39, 0.29) is 16.5 Å². The number of hydrogen-bond acceptors (Lipinski definition) is 4. The molecule has 2 aromatic rings. The number of nitrogens with one attached hydrogen (secondary N) is 1. The molecule has 0 saturated heterocycles. The van der Waals surface area contributed by atoms with Crippen LogP contribution in [0.3, 0.4) is 0 Å². The third-order valence-corrected chi connectivity index (χ3v) is 5.13. The van der Waals surface area contributed by atoms with E-state index in [1.54, 1.807) is 31.2 Å². The van der Waals surface area contributed by atoms with Crippen molar-refractivity contribution < 1.29 is 18.3 Å². The van der Waals surface area contributed by atoms with Gasteiger partial charge < -0.3 is 9.84 Å². The van der Waals surface area contributed by atoms with Crippen LogP contribution in [0, 0.1) is 0 Å². The molecule has 0 unspecified atom stereocenters. The van der Waals surface area contributed by atoms with Gasteiger partial charge in [0.05, 0.1) is 17.0 Å². The van der Waals surface area contributed by atoms with Gasteiger partial charge in [-0.3, -0.25) is 0 Å². The molecule has 0 amide bonds. The van der Waals surface area contributed by atoms with Crippen LogP contribution in [0.4, 0.5) is 0 Å². The number of aliphatic hydroxyl groups is 1. The third kappa shape index (κ3) is 4.23. The van der Waals surface area contributed by atoms with Crippen LogP contribution in [0.15, 0.2) is 53.4 Å². The number of halogens is 1. The molecular weight excluding hydrogens is 338 g/mol. The second-order valence-electron chi connectivity index (χ2n) is 5.26. The van der Waals surface area contributed by atoms with Gasteiger partial charge in [-0.15, -0.1) is 0 Å². The van der Waals surface area contributed by atoms with Crippen molar-refractivity contribution >= 4 is 21.6 Å². The Hall–Kier alpha value is -1.60. The Morgan fingerprint density at radius 1 is 1.22 bits per heavy atom. The fourth-order valence-electron chi connectivity index (χ4n) is 2.03. The van der Waals surface area contributed by atoms with E-state index in [4.69, 9.17) is 16.3 Å². The molecule has 124 valence electrons. The first kappa shape index (κ1) is 17.7. The van der Waals surface area contributed by atoms with Crippen molar-refractivity contribution in [1.82, 2.24) is 4.72 Å². The zero-order valence-electron chi connectivity index (χ0n) is 12.8. The summed E-state index contributed by atoms with van der Waals surface area (Å²) in [7, 11) is -2.35. The molecular formula is C16H18ClNO4S. The molecule has 0 aliphatic carbocycles. The predicted octanol–water partition coefficient (Wildman–Crippen LogP) is 2.53. The van der Waals surface area contributed by atoms with Gasteiger partial charge in [0.15, 0.2) is 0 Å². The van der Waals surface area contributed by atoms with Crippen LogP contribution < -0.4 is 9.46 Å². The van der Waals surface area contributed by atoms with Crippen LogP contribution in [0.5, 0.6) is 5.75 Å². The summed E-state index contributed by atoms with van der Waals surface area (Å²) in [6.45, 7) is 1.38. The number of sulfonamides is 1. The number of benzene rings is 2. The fraction of sp³-hybridized carbons (Fsp3) is 0.250. The van der Waals surface area contributed by atoms with Gasteiger partial charge >= 0.3 is 0 Å². The highest BCUT2D eigenvalue weighted by Gasteiger charge is 2.26. The van der Waals surface area contributed by atoms with Crippen molar-refractivity contribution in [3.8, 4) is 5.75 Å². The van der Waals surface area contributed by atoms with Crippen molar-refractivity contribution in [3.05, 3.63) is 59.1 Å². The number of ether oxygens (including phenoxy) is 1. The maximum atomic E-state index is 12.3. The average molecular weight is 356 g/mol. The van der Waals surface area contributed by atoms with Gasteiger partial charge in [0.25, 0.3) is 0 Å². The molecule has 0 fully saturated rings. The Kier molecular flexibility index (Phi) is 5.31. The lowest BCUT2D eigenvalue weighted by Crippen LogP contribution is -2.38. The summed E-state index contributed by atoms with van der Waals surface area (Å²) < 4.78 is 32.1. The van der Waals surface area contributed by atoms with E-state index in [0.717, 1.165) is 0 Å². The van der Waals surface area contributed by atoms with E-state index in [1.165, 1.54) is 25.3 Å². The largest absolute Gasteiger partial charge is 0.495 e. The second-order valence-corrected chi connectivity index (χ2v) is 7.43. The Labute approximate surface area is 140 Å². The molecule has 23 heavy (non-hydrogen) atoms. The number of methoxy groups -OCH3 is 1. The molecule has 7 heteroatoms. The summed E-state index contributed by atoms with van der Waals surface area (Å²) in [4.78, 5) is 0.00663. The lowest BCUT2D eigenvalue weighted by atomic mass is 9.97. The maximum Gasteiger partial charge on any atom is 0.240 e. The number of rotatable bonds is 6. The zero-order valence-corrected chi connectivity index (χ0v) is 14.4. The Balaban J connectivity index is 2.17. The number of hydrogen-bond donors (Lipinski definition) is 2. The molecule has 0 spiro atoms. The maximum absolute atomic E-state index is 12.3. The highest BCUT2D eigenvalue weighted by molar-refractivity contribution is 7.89. The molecule has 0 saturated carbocycles. The minimum Gasteiger partial charge on any atom is -0.495 e. The highest BCUT2D eigenvalue weighted by Crippen LogP contribution is 2.27. The molecule has 5 nitrogen and oxygen atoms in total. The van der Waals surface area contributed by atoms with E-state index >= 15 is 0 Å². The lowest BCUT2D eigenvalue weighted by molar-refractivity contribution is 0.0627. The molecule has 2 aromatic carbocycles. The van der Waals surface area contributed by atoms with Crippen LogP contribution in [-0.2, 0) is 15.6 Å². The molecule has 0 aliphatic heterocycles. The molecule has 0 bridgehead atoms. The topological polar surface area (TPSA) is 75.6 Å². The van der Waals surface area contributed by atoms with Crippen molar-refractivity contribution in [2.45, 2.75) is 17.4 Å². The third-order valence-electron chi connectivity index (χ3n) is 3.44. The van der Waals surface area contributed by atoms with Gasteiger partial charge in [0.1, 0.15) is 11.4 Å². The van der Waals surface area contributed by atoms with Gasteiger partial charge in [0, 0.05) is 6.54 Å². The highest BCUT2D eigenvalue weighted by atomic mass is 35.5. The molecule has 0 aliphatic rings. The SMILES string of the molecule is COc1ccc(S(=O)(=O)NC[C@](C)(O)c2ccccc2)cc1Cl. The molecule has 0 aromatic heterocycles. The van der Waals surface area contributed by atoms with E-state index in [9.17, 15) is 13.5 Å². The Morgan fingerprint density at radius 3 is 2.43 bits per heavy atom. The molecule has 2 N–H and O–H groups in total. The summed E-state index contributed by atoms with van der Waals surface area (Å²) >= 11 is 5.95. The second kappa shape index (κ2) is 6.88. The summed E-state index contributed by atoms with van der Waals surface area (Å²) in [6, 6.07) is 13.0. The first-order valence-corrected chi connectivity index (χ1v) is 8.73. The molecule has 0 heterocycles. The van der Waals surface area contributed by atoms with Gasteiger partial charge in [-0.2, -0.15) is 0 Å². The molecule has 1 atom stereocenters. The summed E-state index contributed by atoms with van der Waals surface area (Å²) in [5, 5.41) is 10.7. The van der Waals surface area contributed by atoms with Crippen LogP contribution in [-0.4, -0.2) is 27.2 Å². The Bertz CT molecular complexity index is 776. The first-order chi connectivity index (χ1) is 10.8. The molecule has 0 radical (unpaired) electrons. The zero-order chi connectivity index (χ0) is 17.1. The minimum absolute atomic E-state index is 0.00663. The van der Waals surface area contributed by atoms with Crippen molar-refractivity contribution in [3.63, 3.8) is 0 Å². The van der Waals surface area contributed by atoms with Crippen molar-refractivity contribution in [2.24, 2.45) is 0 Å². The van der Waals surface area contributed by atoms with Crippen LogP contribution in [0.25, 0.3) is 0 Å². The normalized spacial score (nSPS) is 14.3. The van der Waals surface area contributed by atoms with E-state index < -0.39 is 15.6 Å². The summed E-state index contributed by atoms with van der Waals surface area (Å²) in [6.07, 6.45) is 0. The van der Waals surface area contributed by atoms with Crippen molar-refractivity contribution in [2.75, 3.05) is 13.7 Å². The smallest absolute Gasteiger partial charge is 0.240 e. The van der Waals surface area contributed by atoms with E-state index in [0.29, 0.717) is 11.3 Å². The van der Waals surface area contributed by atoms with Gasteiger partial charge in [-0.25, -0.2) is 13.1 Å². The van der Waals surface area contributed by atoms with Gasteiger partial charge in [-0.05, 0) is 30.7 Å². The van der Waals surface area contributed by atoms with Gasteiger partial charge in [0.2, 0.25) is 10.0 Å². The van der Waals surface area contributed by atoms with Crippen LogP contribution in [0.1, 0.15) is 12.5 Å². The van der Waals surface area contributed by atoms with Crippen LogP contribution >= 0.6 is 11.6 Å². The Morgan fingerprint density at radius 2 is 1.87 bits per heavy atom. The van der Waals surface area contributed by atoms with Gasteiger partial charge in [-0.1, -0.05) is 41.9 Å². The standard InChI is InChI=1S/C16H18ClNO4S/c1-16(19,12-6-4-3-5-7-12)11-18-23(20,21)13-8-9-15(22-2)14(17)10-13/h3-10,18-19H,11H2,1-2H3/t16-/m0/s1. The molecule has 2 rings (SSSR count).